The first-order chi connectivity index (χ1) is 17.5. The highest BCUT2D eigenvalue weighted by Crippen LogP contribution is 2.39. The second-order valence-corrected chi connectivity index (χ2v) is 10.4. The third kappa shape index (κ3) is 6.16. The lowest BCUT2D eigenvalue weighted by Gasteiger charge is -2.41. The highest BCUT2D eigenvalue weighted by Gasteiger charge is 2.37. The van der Waals surface area contributed by atoms with E-state index in [2.05, 4.69) is 5.32 Å². The van der Waals surface area contributed by atoms with Gasteiger partial charge in [-0.05, 0) is 72.0 Å². The van der Waals surface area contributed by atoms with Crippen LogP contribution in [0.3, 0.4) is 0 Å². The third-order valence-electron chi connectivity index (χ3n) is 6.45. The van der Waals surface area contributed by atoms with Gasteiger partial charge in [-0.15, -0.1) is 0 Å². The van der Waals surface area contributed by atoms with Crippen molar-refractivity contribution in [3.63, 3.8) is 0 Å². The Bertz CT molecular complexity index is 1300. The maximum Gasteiger partial charge on any atom is 0.261 e. The van der Waals surface area contributed by atoms with Gasteiger partial charge in [0.15, 0.2) is 6.10 Å². The van der Waals surface area contributed by atoms with Gasteiger partial charge in [0.05, 0.1) is 6.04 Å². The molecule has 2 amide bonds. The molecule has 7 heteroatoms. The fraction of sp³-hybridized carbons (Fsp3) is 0.333. The molecular weight excluding hydrogens is 474 g/mol. The Hall–Kier alpha value is -3.74. The first-order valence-electron chi connectivity index (χ1n) is 12.4. The third-order valence-corrected chi connectivity index (χ3v) is 6.45. The summed E-state index contributed by atoms with van der Waals surface area (Å²) in [6.45, 7) is 7.95. The van der Waals surface area contributed by atoms with Crippen molar-refractivity contribution in [3.05, 3.63) is 101 Å². The van der Waals surface area contributed by atoms with Crippen LogP contribution in [0.2, 0.25) is 0 Å². The van der Waals surface area contributed by atoms with Crippen LogP contribution in [0, 0.1) is 17.0 Å². The zero-order chi connectivity index (χ0) is 26.7. The highest BCUT2D eigenvalue weighted by molar-refractivity contribution is 5.83. The number of halogens is 2. The van der Waals surface area contributed by atoms with Crippen LogP contribution >= 0.6 is 0 Å². The first kappa shape index (κ1) is 26.3. The maximum absolute atomic E-state index is 14.2. The van der Waals surface area contributed by atoms with Gasteiger partial charge in [-0.25, -0.2) is 8.78 Å². The van der Waals surface area contributed by atoms with Crippen molar-refractivity contribution in [2.75, 3.05) is 6.54 Å². The number of fused-ring (bicyclic) bond motifs is 1. The molecule has 4 rings (SSSR count). The van der Waals surface area contributed by atoms with Crippen molar-refractivity contribution < 1.29 is 23.1 Å². The largest absolute Gasteiger partial charge is 0.481 e. The molecule has 1 aliphatic rings. The van der Waals surface area contributed by atoms with Crippen molar-refractivity contribution in [2.45, 2.75) is 52.8 Å². The Morgan fingerprint density at radius 3 is 2.41 bits per heavy atom. The number of nitrogens with zero attached hydrogens (tertiary/aromatic N) is 1. The monoisotopic (exact) mass is 506 g/mol. The number of hydrogen-bond acceptors (Lipinski definition) is 3. The predicted molar refractivity (Wildman–Crippen MR) is 138 cm³/mol. The molecule has 0 aliphatic carbocycles. The van der Waals surface area contributed by atoms with Gasteiger partial charge in [0.25, 0.3) is 5.91 Å². The second kappa shape index (κ2) is 10.7. The van der Waals surface area contributed by atoms with Gasteiger partial charge in [-0.1, -0.05) is 51.1 Å². The molecule has 0 aromatic heterocycles. The molecule has 3 aromatic rings. The molecular formula is C30H32F2N2O3. The average molecular weight is 507 g/mol. The lowest BCUT2D eigenvalue weighted by Crippen LogP contribution is -2.45. The number of carbonyl (C=O) groups excluding carboxylic acids is 2. The van der Waals surface area contributed by atoms with Gasteiger partial charge in [-0.3, -0.25) is 9.59 Å². The zero-order valence-corrected chi connectivity index (χ0v) is 21.6. The first-order valence-corrected chi connectivity index (χ1v) is 12.4. The van der Waals surface area contributed by atoms with E-state index in [0.717, 1.165) is 11.1 Å². The lowest BCUT2D eigenvalue weighted by molar-refractivity contribution is -0.141. The van der Waals surface area contributed by atoms with E-state index in [0.29, 0.717) is 29.8 Å². The number of ether oxygens (including phenoxy) is 1. The van der Waals surface area contributed by atoms with E-state index in [-0.39, 0.29) is 30.0 Å². The molecule has 2 atom stereocenters. The Labute approximate surface area is 216 Å². The minimum absolute atomic E-state index is 0.0242. The van der Waals surface area contributed by atoms with Crippen molar-refractivity contribution >= 4 is 11.8 Å². The van der Waals surface area contributed by atoms with Crippen LogP contribution in [-0.4, -0.2) is 29.4 Å². The van der Waals surface area contributed by atoms with E-state index in [1.54, 1.807) is 36.1 Å². The van der Waals surface area contributed by atoms with Crippen LogP contribution < -0.4 is 10.1 Å². The SMILES string of the molecule is C[C@H](Oc1ccc2c(c1)[C@H](c1cccc(F)c1)N(C(=O)C(C)(C)C)CC2)C(=O)NCc1cccc(F)c1. The Morgan fingerprint density at radius 1 is 1.03 bits per heavy atom. The van der Waals surface area contributed by atoms with E-state index in [4.69, 9.17) is 4.74 Å². The number of amides is 2. The summed E-state index contributed by atoms with van der Waals surface area (Å²) in [7, 11) is 0. The number of hydrogen-bond donors (Lipinski definition) is 1. The molecule has 194 valence electrons. The average Bonchev–Trinajstić information content (AvgIpc) is 2.85. The Kier molecular flexibility index (Phi) is 7.62. The molecule has 0 saturated carbocycles. The van der Waals surface area contributed by atoms with Crippen LogP contribution in [0.15, 0.2) is 66.7 Å². The maximum atomic E-state index is 14.2. The van der Waals surface area contributed by atoms with E-state index < -0.39 is 17.6 Å². The number of carbonyl (C=O) groups is 2. The topological polar surface area (TPSA) is 58.6 Å². The summed E-state index contributed by atoms with van der Waals surface area (Å²) < 4.78 is 33.6. The fourth-order valence-electron chi connectivity index (χ4n) is 4.59. The van der Waals surface area contributed by atoms with Crippen LogP contribution in [-0.2, 0) is 22.6 Å². The summed E-state index contributed by atoms with van der Waals surface area (Å²) in [5.41, 5.74) is 2.61. The highest BCUT2D eigenvalue weighted by atomic mass is 19.1. The Balaban J connectivity index is 1.58. The van der Waals surface area contributed by atoms with Gasteiger partial charge in [0, 0.05) is 18.5 Å². The minimum atomic E-state index is -0.810. The minimum Gasteiger partial charge on any atom is -0.481 e. The van der Waals surface area contributed by atoms with Gasteiger partial charge in [0.2, 0.25) is 5.91 Å². The molecule has 1 heterocycles. The predicted octanol–water partition coefficient (Wildman–Crippen LogP) is 5.57. The molecule has 1 N–H and O–H groups in total. The van der Waals surface area contributed by atoms with Crippen molar-refractivity contribution in [1.29, 1.82) is 0 Å². The van der Waals surface area contributed by atoms with E-state index >= 15 is 0 Å². The second-order valence-electron chi connectivity index (χ2n) is 10.4. The molecule has 0 radical (unpaired) electrons. The van der Waals surface area contributed by atoms with Crippen LogP contribution in [0.5, 0.6) is 5.75 Å². The van der Waals surface area contributed by atoms with Crippen LogP contribution in [0.4, 0.5) is 8.78 Å². The quantitative estimate of drug-likeness (QED) is 0.476. The number of nitrogens with one attached hydrogen (secondary N) is 1. The lowest BCUT2D eigenvalue weighted by atomic mass is 9.85. The summed E-state index contributed by atoms with van der Waals surface area (Å²) in [6.07, 6.45) is -0.150. The molecule has 3 aromatic carbocycles. The molecule has 37 heavy (non-hydrogen) atoms. The normalized spacial score (nSPS) is 16.1. The summed E-state index contributed by atoms with van der Waals surface area (Å²) in [5.74, 6) is -0.628. The molecule has 0 bridgehead atoms. The van der Waals surface area contributed by atoms with E-state index in [1.807, 2.05) is 39.0 Å². The van der Waals surface area contributed by atoms with Crippen molar-refractivity contribution in [2.24, 2.45) is 5.41 Å². The number of rotatable bonds is 6. The molecule has 1 aliphatic heterocycles. The van der Waals surface area contributed by atoms with Gasteiger partial charge in [0.1, 0.15) is 17.4 Å². The zero-order valence-electron chi connectivity index (χ0n) is 21.6. The summed E-state index contributed by atoms with van der Waals surface area (Å²) >= 11 is 0. The molecule has 0 saturated heterocycles. The standard InChI is InChI=1S/C30H32F2N2O3/c1-19(28(35)33-18-20-7-5-9-23(31)15-20)37-25-12-11-21-13-14-34(29(36)30(2,3)4)27(26(21)17-25)22-8-6-10-24(32)16-22/h5-12,15-17,19,27H,13-14,18H2,1-4H3,(H,33,35)/t19-,27-/m0/s1. The van der Waals surface area contributed by atoms with Gasteiger partial charge >= 0.3 is 0 Å². The van der Waals surface area contributed by atoms with Gasteiger partial charge in [-0.2, -0.15) is 0 Å². The Morgan fingerprint density at radius 2 is 1.73 bits per heavy atom. The van der Waals surface area contributed by atoms with Crippen molar-refractivity contribution in [3.8, 4) is 5.75 Å². The van der Waals surface area contributed by atoms with Crippen LogP contribution in [0.25, 0.3) is 0 Å². The smallest absolute Gasteiger partial charge is 0.261 e. The van der Waals surface area contributed by atoms with Crippen LogP contribution in [0.1, 0.15) is 56.0 Å². The summed E-state index contributed by atoms with van der Waals surface area (Å²) in [6, 6.07) is 17.4. The van der Waals surface area contributed by atoms with E-state index in [9.17, 15) is 18.4 Å². The summed E-state index contributed by atoms with van der Waals surface area (Å²) in [5, 5.41) is 2.76. The molecule has 0 unspecified atom stereocenters. The van der Waals surface area contributed by atoms with Crippen molar-refractivity contribution in [1.82, 2.24) is 10.2 Å². The molecule has 0 fully saturated rings. The number of benzene rings is 3. The van der Waals surface area contributed by atoms with Gasteiger partial charge < -0.3 is 15.0 Å². The summed E-state index contributed by atoms with van der Waals surface area (Å²) in [4.78, 5) is 27.8. The molecule has 0 spiro atoms. The fourth-order valence-corrected chi connectivity index (χ4v) is 4.59. The molecule has 5 nitrogen and oxygen atoms in total. The van der Waals surface area contributed by atoms with E-state index in [1.165, 1.54) is 24.3 Å².